The van der Waals surface area contributed by atoms with Crippen LogP contribution in [0.5, 0.6) is 0 Å². The van der Waals surface area contributed by atoms with Gasteiger partial charge < -0.3 is 25.0 Å². The Morgan fingerprint density at radius 1 is 1.23 bits per heavy atom. The van der Waals surface area contributed by atoms with Crippen molar-refractivity contribution in [3.63, 3.8) is 0 Å². The zero-order valence-corrected chi connectivity index (χ0v) is 21.9. The van der Waals surface area contributed by atoms with Gasteiger partial charge in [0.15, 0.2) is 0 Å². The van der Waals surface area contributed by atoms with Gasteiger partial charge in [0.05, 0.1) is 11.8 Å². The van der Waals surface area contributed by atoms with Crippen molar-refractivity contribution in [1.82, 2.24) is 29.7 Å². The first kappa shape index (κ1) is 26.4. The highest BCUT2D eigenvalue weighted by Gasteiger charge is 2.41. The van der Waals surface area contributed by atoms with Gasteiger partial charge in [-0.2, -0.15) is 4.98 Å². The minimum Gasteiger partial charge on any atom is -0.373 e. The lowest BCUT2D eigenvalue weighted by Gasteiger charge is -2.42. The van der Waals surface area contributed by atoms with Crippen LogP contribution < -0.4 is 10.6 Å². The van der Waals surface area contributed by atoms with Gasteiger partial charge in [-0.05, 0) is 33.0 Å². The number of anilines is 1. The monoisotopic (exact) mass is 480 g/mol. The van der Waals surface area contributed by atoms with Crippen LogP contribution in [-0.2, 0) is 5.54 Å². The summed E-state index contributed by atoms with van der Waals surface area (Å²) in [6, 6.07) is 1.89. The van der Waals surface area contributed by atoms with Gasteiger partial charge in [0, 0.05) is 44.0 Å². The number of aromatic nitrogens is 3. The number of aliphatic imine (C=N–C) groups is 1. The average molecular weight is 481 g/mol. The molecule has 2 N–H and O–H groups in total. The van der Waals surface area contributed by atoms with E-state index in [1.165, 1.54) is 6.42 Å². The molecule has 4 rings (SSSR count). The van der Waals surface area contributed by atoms with E-state index in [0.717, 1.165) is 55.5 Å². The molecule has 0 radical (unpaired) electrons. The SMILES string of the molecule is C=C(/N=C\C(=C)N(C)CCN(C)C)Nc1ncc2cc3n(c2n1)C1(CCCCC1)CNC3=O.CC. The third-order valence-corrected chi connectivity index (χ3v) is 6.61. The summed E-state index contributed by atoms with van der Waals surface area (Å²) in [6.45, 7) is 14.5. The lowest BCUT2D eigenvalue weighted by atomic mass is 9.80. The number of fused-ring (bicyclic) bond motifs is 4. The van der Waals surface area contributed by atoms with E-state index in [4.69, 9.17) is 4.98 Å². The summed E-state index contributed by atoms with van der Waals surface area (Å²) < 4.78 is 2.15. The van der Waals surface area contributed by atoms with E-state index in [1.54, 1.807) is 12.4 Å². The third-order valence-electron chi connectivity index (χ3n) is 6.61. The number of hydrogen-bond donors (Lipinski definition) is 2. The minimum atomic E-state index is -0.112. The van der Waals surface area contributed by atoms with Crippen molar-refractivity contribution in [2.45, 2.75) is 51.5 Å². The molecule has 2 aromatic rings. The zero-order valence-electron chi connectivity index (χ0n) is 21.9. The molecule has 1 amide bonds. The van der Waals surface area contributed by atoms with Crippen LogP contribution in [0.1, 0.15) is 56.4 Å². The van der Waals surface area contributed by atoms with Crippen molar-refractivity contribution in [2.24, 2.45) is 4.99 Å². The van der Waals surface area contributed by atoms with Crippen LogP contribution in [0.15, 0.2) is 41.9 Å². The van der Waals surface area contributed by atoms with Gasteiger partial charge in [0.2, 0.25) is 5.95 Å². The smallest absolute Gasteiger partial charge is 0.268 e. The van der Waals surface area contributed by atoms with E-state index in [0.29, 0.717) is 24.0 Å². The number of rotatable bonds is 8. The fourth-order valence-corrected chi connectivity index (χ4v) is 4.63. The average Bonchev–Trinajstić information content (AvgIpc) is 3.26. The largest absolute Gasteiger partial charge is 0.373 e. The second-order valence-corrected chi connectivity index (χ2v) is 9.35. The van der Waals surface area contributed by atoms with Gasteiger partial charge in [-0.15, -0.1) is 0 Å². The molecule has 35 heavy (non-hydrogen) atoms. The van der Waals surface area contributed by atoms with Crippen molar-refractivity contribution in [1.29, 1.82) is 0 Å². The van der Waals surface area contributed by atoms with E-state index < -0.39 is 0 Å². The third kappa shape index (κ3) is 5.90. The van der Waals surface area contributed by atoms with Crippen LogP contribution in [0, 0.1) is 0 Å². The molecule has 0 unspecified atom stereocenters. The van der Waals surface area contributed by atoms with Crippen molar-refractivity contribution in [3.8, 4) is 0 Å². The maximum atomic E-state index is 12.6. The summed E-state index contributed by atoms with van der Waals surface area (Å²) in [6.07, 6.45) is 9.07. The normalized spacial score (nSPS) is 16.6. The molecule has 1 aliphatic heterocycles. The first-order chi connectivity index (χ1) is 16.8. The topological polar surface area (TPSA) is 90.7 Å². The molecule has 3 heterocycles. The Morgan fingerprint density at radius 3 is 2.63 bits per heavy atom. The molecule has 1 fully saturated rings. The van der Waals surface area contributed by atoms with E-state index in [9.17, 15) is 4.79 Å². The highest BCUT2D eigenvalue weighted by atomic mass is 16.2. The fraction of sp³-hybridized carbons (Fsp3) is 0.538. The first-order valence-electron chi connectivity index (χ1n) is 12.5. The molecular formula is C26H40N8O. The number of nitrogens with zero attached hydrogens (tertiary/aromatic N) is 6. The summed E-state index contributed by atoms with van der Waals surface area (Å²) >= 11 is 0. The van der Waals surface area contributed by atoms with Crippen molar-refractivity contribution < 1.29 is 4.79 Å². The molecule has 9 heteroatoms. The maximum absolute atomic E-state index is 12.6. The molecule has 1 aliphatic carbocycles. The van der Waals surface area contributed by atoms with Gasteiger partial charge in [-0.1, -0.05) is 46.3 Å². The Hall–Kier alpha value is -3.20. The van der Waals surface area contributed by atoms with Crippen LogP contribution >= 0.6 is 0 Å². The molecule has 0 bridgehead atoms. The first-order valence-corrected chi connectivity index (χ1v) is 12.5. The van der Waals surface area contributed by atoms with Gasteiger partial charge in [-0.25, -0.2) is 9.98 Å². The van der Waals surface area contributed by atoms with Crippen LogP contribution in [0.25, 0.3) is 11.0 Å². The molecule has 2 aliphatic rings. The number of nitrogens with one attached hydrogen (secondary N) is 2. The maximum Gasteiger partial charge on any atom is 0.268 e. The Labute approximate surface area is 209 Å². The summed E-state index contributed by atoms with van der Waals surface area (Å²) in [4.78, 5) is 30.3. The Kier molecular flexibility index (Phi) is 8.67. The summed E-state index contributed by atoms with van der Waals surface area (Å²) in [5, 5.41) is 7.03. The summed E-state index contributed by atoms with van der Waals surface area (Å²) in [5.41, 5.74) is 2.13. The predicted octanol–water partition coefficient (Wildman–Crippen LogP) is 3.82. The highest BCUT2D eigenvalue weighted by molar-refractivity contribution is 5.99. The van der Waals surface area contributed by atoms with Gasteiger partial charge in [-0.3, -0.25) is 4.79 Å². The Morgan fingerprint density at radius 2 is 1.94 bits per heavy atom. The fourth-order valence-electron chi connectivity index (χ4n) is 4.63. The standard InChI is InChI=1S/C24H34N8O.C2H6/c1-17(31(5)12-11-30(3)4)14-25-18(2)28-23-26-15-19-13-20-22(33)27-16-24(9-7-6-8-10-24)32(20)21(19)29-23;1-2/h13-15H,1-2,6-12,16H2,3-5H3,(H,27,33)(H,26,28,29);1-2H3/b25-14-;. The Balaban J connectivity index is 0.00000167. The van der Waals surface area contributed by atoms with E-state index >= 15 is 0 Å². The lowest BCUT2D eigenvalue weighted by molar-refractivity contribution is 0.0833. The zero-order chi connectivity index (χ0) is 25.6. The molecule has 1 spiro atoms. The number of allylic oxidation sites excluding steroid dienone is 1. The van der Waals surface area contributed by atoms with Crippen LogP contribution in [0.4, 0.5) is 5.95 Å². The number of hydrogen-bond acceptors (Lipinski definition) is 7. The quantitative estimate of drug-likeness (QED) is 0.558. The summed E-state index contributed by atoms with van der Waals surface area (Å²) in [5.74, 6) is 0.783. The predicted molar refractivity (Wildman–Crippen MR) is 144 cm³/mol. The van der Waals surface area contributed by atoms with Crippen molar-refractivity contribution >= 4 is 29.1 Å². The molecule has 0 atom stereocenters. The van der Waals surface area contributed by atoms with Gasteiger partial charge >= 0.3 is 0 Å². The van der Waals surface area contributed by atoms with Gasteiger partial charge in [0.1, 0.15) is 17.2 Å². The molecule has 0 saturated heterocycles. The van der Waals surface area contributed by atoms with Gasteiger partial charge in [0.25, 0.3) is 5.91 Å². The van der Waals surface area contributed by atoms with Crippen molar-refractivity contribution in [2.75, 3.05) is 46.1 Å². The highest BCUT2D eigenvalue weighted by Crippen LogP contribution is 2.40. The van der Waals surface area contributed by atoms with Crippen molar-refractivity contribution in [3.05, 3.63) is 42.6 Å². The number of carbonyl (C=O) groups excluding carboxylic acids is 1. The molecular weight excluding hydrogens is 440 g/mol. The molecule has 2 aromatic heterocycles. The van der Waals surface area contributed by atoms with Crippen LogP contribution in [0.3, 0.4) is 0 Å². The number of likely N-dealkylation sites (N-methyl/N-ethyl adjacent to an activating group) is 2. The number of carbonyl (C=O) groups is 1. The molecule has 9 nitrogen and oxygen atoms in total. The van der Waals surface area contributed by atoms with Crippen LogP contribution in [-0.4, -0.2) is 77.2 Å². The second-order valence-electron chi connectivity index (χ2n) is 9.35. The molecule has 1 saturated carbocycles. The number of amides is 1. The summed E-state index contributed by atoms with van der Waals surface area (Å²) in [7, 11) is 6.06. The lowest BCUT2D eigenvalue weighted by Crippen LogP contribution is -2.52. The van der Waals surface area contributed by atoms with Crippen LogP contribution in [0.2, 0.25) is 0 Å². The van der Waals surface area contributed by atoms with E-state index in [2.05, 4.69) is 43.2 Å². The Bertz CT molecular complexity index is 1090. The second kappa shape index (κ2) is 11.5. The molecule has 190 valence electrons. The molecule has 0 aromatic carbocycles. The van der Waals surface area contributed by atoms with E-state index in [-0.39, 0.29) is 11.4 Å². The minimum absolute atomic E-state index is 0.0513. The van der Waals surface area contributed by atoms with E-state index in [1.807, 2.05) is 46.0 Å².